The SMILES string of the molecule is CCCCCCCc1ccc(-c2ccc(B(O)O)c(F)n2)cc1.CCCCCCc1ccc(-c2ccc(B(O)O)c(F)n2)cc1. The van der Waals surface area contributed by atoms with E-state index in [1.54, 1.807) is 12.1 Å². The molecule has 6 nitrogen and oxygen atoms in total. The molecule has 45 heavy (non-hydrogen) atoms. The maximum atomic E-state index is 13.7. The number of nitrogens with zero attached hydrogens (tertiary/aromatic N) is 2. The Balaban J connectivity index is 0.000000246. The highest BCUT2D eigenvalue weighted by Gasteiger charge is 2.19. The van der Waals surface area contributed by atoms with Crippen LogP contribution in [0.2, 0.25) is 0 Å². The molecule has 0 fully saturated rings. The second-order valence-corrected chi connectivity index (χ2v) is 11.3. The normalized spacial score (nSPS) is 10.8. The number of rotatable bonds is 15. The molecular weight excluding hydrogens is 572 g/mol. The lowest BCUT2D eigenvalue weighted by molar-refractivity contribution is 0.420. The van der Waals surface area contributed by atoms with Gasteiger partial charge in [0.25, 0.3) is 0 Å². The van der Waals surface area contributed by atoms with Gasteiger partial charge in [0.1, 0.15) is 0 Å². The van der Waals surface area contributed by atoms with E-state index in [2.05, 4.69) is 23.8 Å². The molecule has 0 amide bonds. The Morgan fingerprint density at radius 1 is 0.489 bits per heavy atom. The number of unbranched alkanes of at least 4 members (excludes halogenated alkanes) is 7. The van der Waals surface area contributed by atoms with E-state index in [9.17, 15) is 8.78 Å². The van der Waals surface area contributed by atoms with Gasteiger partial charge in [-0.05, 0) is 48.9 Å². The summed E-state index contributed by atoms with van der Waals surface area (Å²) in [6, 6.07) is 21.8. The van der Waals surface area contributed by atoms with E-state index in [0.717, 1.165) is 24.0 Å². The standard InChI is InChI=1S/C18H23BFNO2.C17H21BFNO2/c1-2-3-4-5-6-7-14-8-10-15(11-9-14)17-13-12-16(19(22)23)18(20)21-17;1-2-3-4-5-6-13-7-9-14(10-8-13)16-12-11-15(18(21)22)17(19)20-16/h8-13,22-23H,2-7H2,1H3;7-12,21-22H,2-6H2,1H3. The van der Waals surface area contributed by atoms with Crippen LogP contribution in [0, 0.1) is 11.9 Å². The number of pyridine rings is 2. The van der Waals surface area contributed by atoms with Gasteiger partial charge in [0.15, 0.2) is 0 Å². The van der Waals surface area contributed by atoms with Crippen molar-refractivity contribution in [1.29, 1.82) is 0 Å². The summed E-state index contributed by atoms with van der Waals surface area (Å²) in [5, 5.41) is 36.0. The Kier molecular flexibility index (Phi) is 15.4. The fourth-order valence-corrected chi connectivity index (χ4v) is 4.97. The fourth-order valence-electron chi connectivity index (χ4n) is 4.97. The minimum Gasteiger partial charge on any atom is -0.423 e. The molecule has 0 bridgehead atoms. The predicted molar refractivity (Wildman–Crippen MR) is 179 cm³/mol. The van der Waals surface area contributed by atoms with E-state index in [1.807, 2.05) is 48.5 Å². The first-order chi connectivity index (χ1) is 21.7. The molecule has 0 atom stereocenters. The van der Waals surface area contributed by atoms with Gasteiger partial charge in [-0.15, -0.1) is 0 Å². The van der Waals surface area contributed by atoms with Crippen LogP contribution in [0.15, 0.2) is 72.8 Å². The van der Waals surface area contributed by atoms with Gasteiger partial charge in [0, 0.05) is 22.1 Å². The number of aromatic nitrogens is 2. The summed E-state index contributed by atoms with van der Waals surface area (Å²) in [5.41, 5.74) is 4.72. The van der Waals surface area contributed by atoms with Crippen molar-refractivity contribution in [3.63, 3.8) is 0 Å². The first-order valence-corrected chi connectivity index (χ1v) is 16.0. The molecule has 2 aromatic heterocycles. The number of halogens is 2. The van der Waals surface area contributed by atoms with Crippen molar-refractivity contribution in [2.45, 2.75) is 84.5 Å². The molecule has 2 aromatic carbocycles. The Morgan fingerprint density at radius 2 is 0.844 bits per heavy atom. The summed E-state index contributed by atoms with van der Waals surface area (Å²) in [7, 11) is -3.68. The first kappa shape index (κ1) is 36.0. The zero-order chi connectivity index (χ0) is 32.6. The van der Waals surface area contributed by atoms with Crippen LogP contribution in [0.4, 0.5) is 8.78 Å². The Hall–Kier alpha value is -3.43. The molecule has 0 aliphatic rings. The van der Waals surface area contributed by atoms with Crippen molar-refractivity contribution < 1.29 is 28.9 Å². The van der Waals surface area contributed by atoms with Crippen LogP contribution in [-0.2, 0) is 12.8 Å². The molecule has 0 saturated heterocycles. The topological polar surface area (TPSA) is 107 Å². The van der Waals surface area contributed by atoms with Crippen molar-refractivity contribution in [1.82, 2.24) is 9.97 Å². The summed E-state index contributed by atoms with van der Waals surface area (Å²) in [6.45, 7) is 4.41. The molecule has 0 saturated carbocycles. The predicted octanol–water partition coefficient (Wildman–Crippen LogP) is 5.77. The second-order valence-electron chi connectivity index (χ2n) is 11.3. The molecular formula is C35H44B2F2N2O4. The zero-order valence-electron chi connectivity index (χ0n) is 26.3. The largest absolute Gasteiger partial charge is 0.493 e. The van der Waals surface area contributed by atoms with Crippen LogP contribution in [-0.4, -0.2) is 44.3 Å². The van der Waals surface area contributed by atoms with E-state index >= 15 is 0 Å². The molecule has 0 aliphatic heterocycles. The molecule has 0 aliphatic carbocycles. The quantitative estimate of drug-likeness (QED) is 0.0768. The maximum Gasteiger partial charge on any atom is 0.493 e. The van der Waals surface area contributed by atoms with Crippen LogP contribution in [0.25, 0.3) is 22.5 Å². The molecule has 4 rings (SSSR count). The Bertz CT molecular complexity index is 1440. The number of hydrogen-bond acceptors (Lipinski definition) is 6. The lowest BCUT2D eigenvalue weighted by Crippen LogP contribution is -2.33. The van der Waals surface area contributed by atoms with E-state index in [-0.39, 0.29) is 10.9 Å². The fraction of sp³-hybridized carbons (Fsp3) is 0.371. The summed E-state index contributed by atoms with van der Waals surface area (Å²) < 4.78 is 27.4. The van der Waals surface area contributed by atoms with E-state index in [0.29, 0.717) is 11.4 Å². The summed E-state index contributed by atoms with van der Waals surface area (Å²) in [5.74, 6) is -1.70. The lowest BCUT2D eigenvalue weighted by Gasteiger charge is -2.06. The third-order valence-corrected chi connectivity index (χ3v) is 7.70. The molecule has 2 heterocycles. The second kappa shape index (κ2) is 19.2. The van der Waals surface area contributed by atoms with Gasteiger partial charge < -0.3 is 20.1 Å². The van der Waals surface area contributed by atoms with Crippen LogP contribution < -0.4 is 10.9 Å². The van der Waals surface area contributed by atoms with Gasteiger partial charge >= 0.3 is 14.2 Å². The molecule has 0 unspecified atom stereocenters. The minimum atomic E-state index is -1.84. The average Bonchev–Trinajstić information content (AvgIpc) is 3.03. The third kappa shape index (κ3) is 11.8. The smallest absolute Gasteiger partial charge is 0.423 e. The van der Waals surface area contributed by atoms with Gasteiger partial charge in [-0.1, -0.05) is 119 Å². The van der Waals surface area contributed by atoms with E-state index in [1.165, 1.54) is 81.0 Å². The molecule has 0 spiro atoms. The Morgan fingerprint density at radius 3 is 1.18 bits per heavy atom. The van der Waals surface area contributed by atoms with Gasteiger partial charge in [0.05, 0.1) is 11.4 Å². The highest BCUT2D eigenvalue weighted by molar-refractivity contribution is 6.59. The number of aryl methyl sites for hydroxylation is 2. The molecule has 4 aromatic rings. The van der Waals surface area contributed by atoms with Crippen LogP contribution in [0.3, 0.4) is 0 Å². The number of benzene rings is 2. The molecule has 10 heteroatoms. The van der Waals surface area contributed by atoms with Crippen molar-refractivity contribution in [3.8, 4) is 22.5 Å². The van der Waals surface area contributed by atoms with Gasteiger partial charge in [0.2, 0.25) is 11.9 Å². The summed E-state index contributed by atoms with van der Waals surface area (Å²) in [4.78, 5) is 7.60. The lowest BCUT2D eigenvalue weighted by atomic mass is 9.81. The van der Waals surface area contributed by atoms with Crippen molar-refractivity contribution in [3.05, 3.63) is 95.8 Å². The van der Waals surface area contributed by atoms with E-state index in [4.69, 9.17) is 20.1 Å². The van der Waals surface area contributed by atoms with Crippen molar-refractivity contribution in [2.75, 3.05) is 0 Å². The first-order valence-electron chi connectivity index (χ1n) is 16.0. The van der Waals surface area contributed by atoms with Crippen LogP contribution in [0.5, 0.6) is 0 Å². The van der Waals surface area contributed by atoms with Gasteiger partial charge in [-0.3, -0.25) is 0 Å². The van der Waals surface area contributed by atoms with Crippen molar-refractivity contribution >= 4 is 25.2 Å². The molecule has 4 N–H and O–H groups in total. The maximum absolute atomic E-state index is 13.7. The van der Waals surface area contributed by atoms with Crippen molar-refractivity contribution in [2.24, 2.45) is 0 Å². The number of hydrogen-bond donors (Lipinski definition) is 4. The van der Waals surface area contributed by atoms with Gasteiger partial charge in [-0.2, -0.15) is 8.78 Å². The summed E-state index contributed by atoms with van der Waals surface area (Å²) in [6.07, 6.45) is 13.3. The van der Waals surface area contributed by atoms with Crippen LogP contribution >= 0.6 is 0 Å². The van der Waals surface area contributed by atoms with Crippen LogP contribution in [0.1, 0.15) is 82.8 Å². The minimum absolute atomic E-state index is 0.211. The van der Waals surface area contributed by atoms with Gasteiger partial charge in [-0.25, -0.2) is 9.97 Å². The highest BCUT2D eigenvalue weighted by atomic mass is 19.1. The molecule has 0 radical (unpaired) electrons. The highest BCUT2D eigenvalue weighted by Crippen LogP contribution is 2.20. The third-order valence-electron chi connectivity index (χ3n) is 7.70. The molecule has 238 valence electrons. The average molecular weight is 616 g/mol. The summed E-state index contributed by atoms with van der Waals surface area (Å²) >= 11 is 0. The monoisotopic (exact) mass is 616 g/mol. The van der Waals surface area contributed by atoms with E-state index < -0.39 is 26.1 Å². The zero-order valence-corrected chi connectivity index (χ0v) is 26.3. The Labute approximate surface area is 266 Å².